The summed E-state index contributed by atoms with van der Waals surface area (Å²) in [6, 6.07) is 15.1. The fourth-order valence-electron chi connectivity index (χ4n) is 3.47. The number of nitrogens with zero attached hydrogens (tertiary/aromatic N) is 4. The zero-order valence-corrected chi connectivity index (χ0v) is 17.1. The molecule has 0 unspecified atom stereocenters. The average Bonchev–Trinajstić information content (AvgIpc) is 3.22. The Hall–Kier alpha value is -3.55. The minimum Gasteiger partial charge on any atom is -0.495 e. The van der Waals surface area contributed by atoms with Gasteiger partial charge in [0.15, 0.2) is 6.61 Å². The van der Waals surface area contributed by atoms with Crippen LogP contribution in [0.25, 0.3) is 0 Å². The van der Waals surface area contributed by atoms with Crippen molar-refractivity contribution in [1.82, 2.24) is 15.0 Å². The topological polar surface area (TPSA) is 80.9 Å². The molecule has 3 aromatic rings. The smallest absolute Gasteiger partial charge is 0.253 e. The zero-order valence-electron chi connectivity index (χ0n) is 17.1. The number of rotatable bonds is 6. The van der Waals surface area contributed by atoms with Crippen molar-refractivity contribution in [2.45, 2.75) is 13.5 Å². The predicted molar refractivity (Wildman–Crippen MR) is 111 cm³/mol. The lowest BCUT2D eigenvalue weighted by molar-refractivity contribution is 0.0746. The summed E-state index contributed by atoms with van der Waals surface area (Å²) in [5.74, 6) is 2.51. The van der Waals surface area contributed by atoms with E-state index in [4.69, 9.17) is 14.0 Å². The van der Waals surface area contributed by atoms with Gasteiger partial charge in [0.25, 0.3) is 5.91 Å². The fraction of sp³-hybridized carbons (Fsp3) is 0.318. The Morgan fingerprint density at radius 1 is 1.07 bits per heavy atom. The number of hydrogen-bond donors (Lipinski definition) is 0. The second kappa shape index (κ2) is 8.86. The highest BCUT2D eigenvalue weighted by molar-refractivity contribution is 5.94. The van der Waals surface area contributed by atoms with Crippen LogP contribution in [0.1, 0.15) is 22.1 Å². The van der Waals surface area contributed by atoms with Gasteiger partial charge >= 0.3 is 0 Å². The number of carbonyl (C=O) groups is 1. The quantitative estimate of drug-likeness (QED) is 0.620. The van der Waals surface area contributed by atoms with E-state index in [2.05, 4.69) is 15.0 Å². The van der Waals surface area contributed by atoms with Gasteiger partial charge < -0.3 is 23.8 Å². The van der Waals surface area contributed by atoms with Crippen molar-refractivity contribution in [2.75, 3.05) is 38.2 Å². The van der Waals surface area contributed by atoms with E-state index in [-0.39, 0.29) is 12.5 Å². The second-order valence-electron chi connectivity index (χ2n) is 6.99. The van der Waals surface area contributed by atoms with E-state index in [1.807, 2.05) is 29.2 Å². The van der Waals surface area contributed by atoms with E-state index in [9.17, 15) is 4.79 Å². The summed E-state index contributed by atoms with van der Waals surface area (Å²) in [4.78, 5) is 21.1. The average molecular weight is 408 g/mol. The molecule has 0 atom stereocenters. The molecule has 1 aliphatic heterocycles. The van der Waals surface area contributed by atoms with Crippen molar-refractivity contribution in [3.05, 3.63) is 65.8 Å². The molecule has 0 aliphatic carbocycles. The van der Waals surface area contributed by atoms with E-state index in [0.717, 1.165) is 24.5 Å². The maximum absolute atomic E-state index is 12.9. The lowest BCUT2D eigenvalue weighted by atomic mass is 10.1. The van der Waals surface area contributed by atoms with Gasteiger partial charge in [0.1, 0.15) is 11.5 Å². The number of anilines is 1. The number of carbonyl (C=O) groups excluding carboxylic acids is 1. The van der Waals surface area contributed by atoms with Crippen molar-refractivity contribution in [3.63, 3.8) is 0 Å². The Kier molecular flexibility index (Phi) is 5.83. The number of methoxy groups -OCH3 is 1. The van der Waals surface area contributed by atoms with Gasteiger partial charge in [0, 0.05) is 38.7 Å². The number of piperazine rings is 1. The molecule has 2 heterocycles. The van der Waals surface area contributed by atoms with Crippen LogP contribution in [-0.4, -0.2) is 54.2 Å². The Morgan fingerprint density at radius 2 is 1.80 bits per heavy atom. The molecule has 0 N–H and O–H groups in total. The molecular weight excluding hydrogens is 384 g/mol. The third-order valence-corrected chi connectivity index (χ3v) is 5.03. The van der Waals surface area contributed by atoms with Gasteiger partial charge in [0.05, 0.1) is 12.8 Å². The summed E-state index contributed by atoms with van der Waals surface area (Å²) in [5, 5.41) is 3.79. The van der Waals surface area contributed by atoms with Crippen LogP contribution in [0.2, 0.25) is 0 Å². The summed E-state index contributed by atoms with van der Waals surface area (Å²) < 4.78 is 16.0. The van der Waals surface area contributed by atoms with Crippen LogP contribution in [0.4, 0.5) is 5.69 Å². The Morgan fingerprint density at radius 3 is 2.47 bits per heavy atom. The normalized spacial score (nSPS) is 13.9. The maximum Gasteiger partial charge on any atom is 0.253 e. The van der Waals surface area contributed by atoms with Gasteiger partial charge in [-0.3, -0.25) is 4.79 Å². The first-order valence-electron chi connectivity index (χ1n) is 9.83. The van der Waals surface area contributed by atoms with E-state index in [1.165, 1.54) is 0 Å². The zero-order chi connectivity index (χ0) is 20.9. The lowest BCUT2D eigenvalue weighted by Crippen LogP contribution is -2.48. The first kappa shape index (κ1) is 19.8. The number of aromatic nitrogens is 2. The fourth-order valence-corrected chi connectivity index (χ4v) is 3.47. The Balaban J connectivity index is 1.32. The largest absolute Gasteiger partial charge is 0.495 e. The number of hydrogen-bond acceptors (Lipinski definition) is 7. The van der Waals surface area contributed by atoms with Crippen LogP contribution in [0, 0.1) is 6.92 Å². The maximum atomic E-state index is 12.9. The van der Waals surface area contributed by atoms with Crippen LogP contribution >= 0.6 is 0 Å². The summed E-state index contributed by atoms with van der Waals surface area (Å²) in [5.41, 5.74) is 1.70. The van der Waals surface area contributed by atoms with Crippen molar-refractivity contribution in [3.8, 4) is 11.5 Å². The van der Waals surface area contributed by atoms with Crippen LogP contribution in [0.15, 0.2) is 53.1 Å². The summed E-state index contributed by atoms with van der Waals surface area (Å²) in [7, 11) is 1.68. The van der Waals surface area contributed by atoms with E-state index < -0.39 is 0 Å². The molecule has 1 aliphatic rings. The minimum atomic E-state index is 0.0232. The molecule has 1 aromatic heterocycles. The molecular formula is C22H24N4O4. The SMILES string of the molecule is COc1ccccc1N1CCN(C(=O)c2ccc(OCc3noc(C)n3)cc2)CC1. The minimum absolute atomic E-state index is 0.0232. The van der Waals surface area contributed by atoms with Gasteiger partial charge in [-0.05, 0) is 36.4 Å². The molecule has 156 valence electrons. The van der Waals surface area contributed by atoms with E-state index in [0.29, 0.717) is 36.1 Å². The van der Waals surface area contributed by atoms with E-state index >= 15 is 0 Å². The van der Waals surface area contributed by atoms with Crippen LogP contribution in [0.5, 0.6) is 11.5 Å². The number of ether oxygens (including phenoxy) is 2. The monoisotopic (exact) mass is 408 g/mol. The molecule has 1 amide bonds. The standard InChI is InChI=1S/C22H24N4O4/c1-16-23-21(24-30-16)15-29-18-9-7-17(8-10-18)22(27)26-13-11-25(12-14-26)19-5-3-4-6-20(19)28-2/h3-10H,11-15H2,1-2H3. The first-order valence-corrected chi connectivity index (χ1v) is 9.83. The molecule has 30 heavy (non-hydrogen) atoms. The number of para-hydroxylation sites is 2. The van der Waals surface area contributed by atoms with Crippen LogP contribution in [0.3, 0.4) is 0 Å². The van der Waals surface area contributed by atoms with Crippen molar-refractivity contribution < 1.29 is 18.8 Å². The molecule has 8 nitrogen and oxygen atoms in total. The van der Waals surface area contributed by atoms with Crippen LogP contribution in [-0.2, 0) is 6.61 Å². The summed E-state index contributed by atoms with van der Waals surface area (Å²) in [6.45, 7) is 4.79. The third-order valence-electron chi connectivity index (χ3n) is 5.03. The molecule has 0 spiro atoms. The first-order chi connectivity index (χ1) is 14.6. The van der Waals surface area contributed by atoms with Gasteiger partial charge in [-0.1, -0.05) is 17.3 Å². The molecule has 8 heteroatoms. The molecule has 0 saturated carbocycles. The number of aryl methyl sites for hydroxylation is 1. The summed E-state index contributed by atoms with van der Waals surface area (Å²) in [6.07, 6.45) is 0. The molecule has 0 bridgehead atoms. The van der Waals surface area contributed by atoms with Crippen LogP contribution < -0.4 is 14.4 Å². The highest BCUT2D eigenvalue weighted by atomic mass is 16.5. The third kappa shape index (κ3) is 4.37. The lowest BCUT2D eigenvalue weighted by Gasteiger charge is -2.36. The molecule has 1 fully saturated rings. The van der Waals surface area contributed by atoms with Gasteiger partial charge in [0.2, 0.25) is 11.7 Å². The highest BCUT2D eigenvalue weighted by Gasteiger charge is 2.23. The second-order valence-corrected chi connectivity index (χ2v) is 6.99. The van der Waals surface area contributed by atoms with Gasteiger partial charge in [-0.2, -0.15) is 4.98 Å². The Labute approximate surface area is 175 Å². The predicted octanol–water partition coefficient (Wildman–Crippen LogP) is 2.93. The number of benzene rings is 2. The number of amides is 1. The van der Waals surface area contributed by atoms with Gasteiger partial charge in [-0.15, -0.1) is 0 Å². The van der Waals surface area contributed by atoms with Crippen molar-refractivity contribution >= 4 is 11.6 Å². The Bertz CT molecular complexity index is 994. The molecule has 1 saturated heterocycles. The van der Waals surface area contributed by atoms with Crippen molar-refractivity contribution in [2.24, 2.45) is 0 Å². The van der Waals surface area contributed by atoms with Crippen molar-refractivity contribution in [1.29, 1.82) is 0 Å². The molecule has 4 rings (SSSR count). The molecule has 0 radical (unpaired) electrons. The van der Waals surface area contributed by atoms with Gasteiger partial charge in [-0.25, -0.2) is 0 Å². The van der Waals surface area contributed by atoms with E-state index in [1.54, 1.807) is 38.3 Å². The highest BCUT2D eigenvalue weighted by Crippen LogP contribution is 2.28. The molecule has 2 aromatic carbocycles. The summed E-state index contributed by atoms with van der Waals surface area (Å²) >= 11 is 0.